The van der Waals surface area contributed by atoms with Gasteiger partial charge in [-0.3, -0.25) is 14.4 Å². The Bertz CT molecular complexity index is 1050. The third-order valence-electron chi connectivity index (χ3n) is 12.9. The van der Waals surface area contributed by atoms with Gasteiger partial charge >= 0.3 is 17.9 Å². The molecule has 0 N–H and O–H groups in total. The second-order valence-electron chi connectivity index (χ2n) is 19.6. The monoisotopic (exact) mass is 915 g/mol. The van der Waals surface area contributed by atoms with E-state index in [-0.39, 0.29) is 31.1 Å². The van der Waals surface area contributed by atoms with Crippen LogP contribution in [-0.2, 0) is 28.6 Å². The molecule has 0 aromatic heterocycles. The van der Waals surface area contributed by atoms with Crippen molar-refractivity contribution in [2.24, 2.45) is 0 Å². The van der Waals surface area contributed by atoms with E-state index < -0.39 is 6.10 Å². The Hall–Kier alpha value is -2.11. The minimum Gasteiger partial charge on any atom is -0.462 e. The van der Waals surface area contributed by atoms with Crippen molar-refractivity contribution in [1.29, 1.82) is 0 Å². The third-order valence-corrected chi connectivity index (χ3v) is 12.9. The van der Waals surface area contributed by atoms with Crippen molar-refractivity contribution in [3.63, 3.8) is 0 Å². The van der Waals surface area contributed by atoms with Crippen LogP contribution in [0.5, 0.6) is 0 Å². The van der Waals surface area contributed by atoms with Crippen molar-refractivity contribution in [3.8, 4) is 0 Å². The summed E-state index contributed by atoms with van der Waals surface area (Å²) in [5, 5.41) is 0. The molecule has 0 aliphatic rings. The van der Waals surface area contributed by atoms with E-state index in [1.165, 1.54) is 186 Å². The maximum atomic E-state index is 12.8. The zero-order valence-electron chi connectivity index (χ0n) is 43.8. The molecule has 0 heterocycles. The smallest absolute Gasteiger partial charge is 0.306 e. The van der Waals surface area contributed by atoms with Crippen LogP contribution >= 0.6 is 0 Å². The first-order valence-electron chi connectivity index (χ1n) is 28.8. The Kier molecular flexibility index (Phi) is 52.7. The molecular weight excluding hydrogens is 805 g/mol. The highest BCUT2D eigenvalue weighted by Crippen LogP contribution is 2.17. The molecule has 6 nitrogen and oxygen atoms in total. The molecule has 0 fully saturated rings. The lowest BCUT2D eigenvalue weighted by molar-refractivity contribution is -0.167. The fourth-order valence-electron chi connectivity index (χ4n) is 8.60. The molecule has 0 amide bonds. The molecule has 0 radical (unpaired) electrons. The highest BCUT2D eigenvalue weighted by molar-refractivity contribution is 5.71. The average molecular weight is 916 g/mol. The van der Waals surface area contributed by atoms with E-state index in [2.05, 4.69) is 45.1 Å². The molecule has 6 heteroatoms. The number of esters is 3. The Morgan fingerprint density at radius 1 is 0.308 bits per heavy atom. The van der Waals surface area contributed by atoms with Crippen LogP contribution in [0.2, 0.25) is 0 Å². The largest absolute Gasteiger partial charge is 0.462 e. The van der Waals surface area contributed by atoms with E-state index in [1.54, 1.807) is 0 Å². The molecule has 65 heavy (non-hydrogen) atoms. The van der Waals surface area contributed by atoms with Crippen LogP contribution in [0, 0.1) is 0 Å². The van der Waals surface area contributed by atoms with Gasteiger partial charge in [-0.1, -0.05) is 276 Å². The lowest BCUT2D eigenvalue weighted by Crippen LogP contribution is -2.30. The summed E-state index contributed by atoms with van der Waals surface area (Å²) < 4.78 is 16.8. The number of hydrogen-bond acceptors (Lipinski definition) is 6. The predicted octanol–water partition coefficient (Wildman–Crippen LogP) is 19.1. The van der Waals surface area contributed by atoms with E-state index in [1.807, 2.05) is 0 Å². The van der Waals surface area contributed by atoms with E-state index in [9.17, 15) is 14.4 Å². The fourth-order valence-corrected chi connectivity index (χ4v) is 8.60. The lowest BCUT2D eigenvalue weighted by Gasteiger charge is -2.18. The van der Waals surface area contributed by atoms with Crippen molar-refractivity contribution in [1.82, 2.24) is 0 Å². The maximum absolute atomic E-state index is 12.8. The van der Waals surface area contributed by atoms with Gasteiger partial charge in [0.05, 0.1) is 0 Å². The minimum atomic E-state index is -0.772. The second kappa shape index (κ2) is 54.5. The number of carbonyl (C=O) groups excluding carboxylic acids is 3. The Labute approximate surface area is 404 Å². The number of unbranched alkanes of at least 4 members (excludes halogenated alkanes) is 38. The summed E-state index contributed by atoms with van der Waals surface area (Å²) in [6.07, 6.45) is 63.4. The standard InChI is InChI=1S/C59H110O6/c1-4-7-10-13-16-19-21-23-24-25-26-27-28-29-30-31-32-33-34-36-37-40-43-46-49-52-58(61)64-55-56(54-63-57(60)51-48-45-42-39-18-15-12-9-6-3)65-59(62)53-50-47-44-41-38-35-22-20-17-14-11-8-5-2/h11,14,20,22,56H,4-10,12-13,15-19,21,23-55H2,1-3H3/b14-11-,22-20-. The number of hydrogen-bond donors (Lipinski definition) is 0. The van der Waals surface area contributed by atoms with Gasteiger partial charge in [0.2, 0.25) is 0 Å². The SMILES string of the molecule is CCC/C=C\C/C=C\CCCCCCCC(=O)OC(COC(=O)CCCCCCCCCCC)COC(=O)CCCCCCCCCCCCCCCCCCCCCCCCCCC. The van der Waals surface area contributed by atoms with Gasteiger partial charge in [0.1, 0.15) is 13.2 Å². The van der Waals surface area contributed by atoms with Crippen molar-refractivity contribution in [3.05, 3.63) is 24.3 Å². The van der Waals surface area contributed by atoms with Crippen LogP contribution in [0.3, 0.4) is 0 Å². The third kappa shape index (κ3) is 52.7. The average Bonchev–Trinajstić information content (AvgIpc) is 3.30. The molecule has 0 aliphatic heterocycles. The van der Waals surface area contributed by atoms with Gasteiger partial charge in [-0.15, -0.1) is 0 Å². The molecule has 0 spiro atoms. The molecule has 0 rings (SSSR count). The topological polar surface area (TPSA) is 78.9 Å². The first-order valence-corrected chi connectivity index (χ1v) is 28.8. The van der Waals surface area contributed by atoms with Gasteiger partial charge in [-0.25, -0.2) is 0 Å². The summed E-state index contributed by atoms with van der Waals surface area (Å²) in [6, 6.07) is 0. The first-order chi connectivity index (χ1) is 32.0. The second-order valence-corrected chi connectivity index (χ2v) is 19.6. The van der Waals surface area contributed by atoms with Crippen molar-refractivity contribution in [2.75, 3.05) is 13.2 Å². The number of rotatable bonds is 53. The summed E-state index contributed by atoms with van der Waals surface area (Å²) >= 11 is 0. The van der Waals surface area contributed by atoms with Crippen molar-refractivity contribution >= 4 is 17.9 Å². The number of allylic oxidation sites excluding steroid dienone is 4. The van der Waals surface area contributed by atoms with Crippen molar-refractivity contribution < 1.29 is 28.6 Å². The summed E-state index contributed by atoms with van der Waals surface area (Å²) in [6.45, 7) is 6.59. The first kappa shape index (κ1) is 62.9. The zero-order chi connectivity index (χ0) is 47.2. The van der Waals surface area contributed by atoms with E-state index >= 15 is 0 Å². The number of carbonyl (C=O) groups is 3. The molecular formula is C59H110O6. The molecule has 1 unspecified atom stereocenters. The Morgan fingerprint density at radius 2 is 0.585 bits per heavy atom. The Balaban J connectivity index is 4.11. The highest BCUT2D eigenvalue weighted by Gasteiger charge is 2.19. The van der Waals surface area contributed by atoms with E-state index in [0.717, 1.165) is 89.9 Å². The van der Waals surface area contributed by atoms with E-state index in [4.69, 9.17) is 14.2 Å². The normalized spacial score (nSPS) is 12.1. The highest BCUT2D eigenvalue weighted by atomic mass is 16.6. The Morgan fingerprint density at radius 3 is 0.908 bits per heavy atom. The summed E-state index contributed by atoms with van der Waals surface area (Å²) in [5.74, 6) is -0.872. The van der Waals surface area contributed by atoms with Crippen LogP contribution in [-0.4, -0.2) is 37.2 Å². The summed E-state index contributed by atoms with van der Waals surface area (Å²) in [4.78, 5) is 37.9. The van der Waals surface area contributed by atoms with Gasteiger partial charge < -0.3 is 14.2 Å². The van der Waals surface area contributed by atoms with Gasteiger partial charge in [0.15, 0.2) is 6.10 Å². The van der Waals surface area contributed by atoms with E-state index in [0.29, 0.717) is 19.3 Å². The summed E-state index contributed by atoms with van der Waals surface area (Å²) in [5.41, 5.74) is 0. The number of ether oxygens (including phenoxy) is 3. The molecule has 0 saturated heterocycles. The molecule has 0 aliphatic carbocycles. The molecule has 0 bridgehead atoms. The lowest BCUT2D eigenvalue weighted by atomic mass is 10.0. The van der Waals surface area contributed by atoms with Crippen LogP contribution < -0.4 is 0 Å². The fraction of sp³-hybridized carbons (Fsp3) is 0.881. The molecule has 382 valence electrons. The van der Waals surface area contributed by atoms with Gasteiger partial charge in [-0.2, -0.15) is 0 Å². The van der Waals surface area contributed by atoms with Crippen LogP contribution in [0.4, 0.5) is 0 Å². The maximum Gasteiger partial charge on any atom is 0.306 e. The van der Waals surface area contributed by atoms with Crippen molar-refractivity contribution in [2.45, 2.75) is 322 Å². The minimum absolute atomic E-state index is 0.0722. The quantitative estimate of drug-likeness (QED) is 0.0262. The molecule has 0 aromatic carbocycles. The van der Waals surface area contributed by atoms with Gasteiger partial charge in [-0.05, 0) is 44.9 Å². The van der Waals surface area contributed by atoms with Crippen LogP contribution in [0.1, 0.15) is 316 Å². The van der Waals surface area contributed by atoms with Crippen LogP contribution in [0.15, 0.2) is 24.3 Å². The summed E-state index contributed by atoms with van der Waals surface area (Å²) in [7, 11) is 0. The zero-order valence-corrected chi connectivity index (χ0v) is 43.8. The van der Waals surface area contributed by atoms with Gasteiger partial charge in [0.25, 0.3) is 0 Å². The van der Waals surface area contributed by atoms with Crippen LogP contribution in [0.25, 0.3) is 0 Å². The van der Waals surface area contributed by atoms with Gasteiger partial charge in [0, 0.05) is 19.3 Å². The predicted molar refractivity (Wildman–Crippen MR) is 279 cm³/mol. The molecule has 0 saturated carbocycles. The molecule has 1 atom stereocenters. The molecule has 0 aromatic rings.